The molecule has 7 heteroatoms. The van der Waals surface area contributed by atoms with Crippen LogP contribution in [0.3, 0.4) is 0 Å². The number of nitrogens with zero attached hydrogens (tertiary/aromatic N) is 2. The third-order valence-corrected chi connectivity index (χ3v) is 5.42. The summed E-state index contributed by atoms with van der Waals surface area (Å²) in [4.78, 5) is 16.4. The lowest BCUT2D eigenvalue weighted by atomic mass is 9.95. The number of amides is 1. The average molecular weight is 375 g/mol. The first kappa shape index (κ1) is 18.8. The van der Waals surface area contributed by atoms with E-state index in [4.69, 9.17) is 4.74 Å². The van der Waals surface area contributed by atoms with Crippen molar-refractivity contribution in [2.45, 2.75) is 63.8 Å². The molecule has 1 fully saturated rings. The summed E-state index contributed by atoms with van der Waals surface area (Å²) in [7, 11) is 0. The van der Waals surface area contributed by atoms with Gasteiger partial charge in [0, 0.05) is 6.04 Å². The van der Waals surface area contributed by atoms with E-state index >= 15 is 0 Å². The Morgan fingerprint density at radius 3 is 2.73 bits per heavy atom. The second-order valence-corrected chi connectivity index (χ2v) is 7.71. The molecular formula is C19H26N4O2S. The zero-order chi connectivity index (χ0) is 18.4. The maximum atomic E-state index is 12.1. The van der Waals surface area contributed by atoms with Crippen LogP contribution in [0.2, 0.25) is 0 Å². The van der Waals surface area contributed by atoms with E-state index in [0.29, 0.717) is 29.4 Å². The summed E-state index contributed by atoms with van der Waals surface area (Å²) in [6, 6.07) is 6.40. The molecule has 0 bridgehead atoms. The van der Waals surface area contributed by atoms with Crippen LogP contribution in [0.5, 0.6) is 5.75 Å². The van der Waals surface area contributed by atoms with Crippen LogP contribution in [0, 0.1) is 13.8 Å². The van der Waals surface area contributed by atoms with Crippen LogP contribution < -0.4 is 10.1 Å². The van der Waals surface area contributed by atoms with Gasteiger partial charge < -0.3 is 10.1 Å². The number of para-hydroxylation sites is 1. The van der Waals surface area contributed by atoms with Gasteiger partial charge in [-0.3, -0.25) is 9.89 Å². The predicted octanol–water partition coefficient (Wildman–Crippen LogP) is 3.54. The van der Waals surface area contributed by atoms with Crippen LogP contribution in [-0.2, 0) is 11.4 Å². The van der Waals surface area contributed by atoms with Crippen molar-refractivity contribution in [3.05, 3.63) is 35.2 Å². The van der Waals surface area contributed by atoms with Crippen molar-refractivity contribution in [1.82, 2.24) is 20.5 Å². The Balaban J connectivity index is 1.45. The van der Waals surface area contributed by atoms with Crippen molar-refractivity contribution in [2.24, 2.45) is 0 Å². The molecule has 0 unspecified atom stereocenters. The third kappa shape index (κ3) is 5.24. The van der Waals surface area contributed by atoms with Crippen LogP contribution in [0.25, 0.3) is 0 Å². The molecule has 0 atom stereocenters. The number of benzene rings is 1. The first-order valence-corrected chi connectivity index (χ1v) is 10.1. The summed E-state index contributed by atoms with van der Waals surface area (Å²) < 4.78 is 5.87. The molecule has 1 amide bonds. The van der Waals surface area contributed by atoms with Crippen LogP contribution in [0.4, 0.5) is 0 Å². The lowest BCUT2D eigenvalue weighted by Crippen LogP contribution is -2.37. The highest BCUT2D eigenvalue weighted by Gasteiger charge is 2.16. The normalized spacial score (nSPS) is 15.0. The van der Waals surface area contributed by atoms with Gasteiger partial charge in [0.25, 0.3) is 0 Å². The van der Waals surface area contributed by atoms with Gasteiger partial charge in [-0.25, -0.2) is 4.98 Å². The number of nitrogens with one attached hydrogen (secondary N) is 2. The molecule has 2 N–H and O–H groups in total. The highest BCUT2D eigenvalue weighted by atomic mass is 32.2. The van der Waals surface area contributed by atoms with E-state index in [1.807, 2.05) is 32.0 Å². The second-order valence-electron chi connectivity index (χ2n) is 6.77. The number of carbonyl (C=O) groups excluding carboxylic acids is 1. The fraction of sp³-hybridized carbons (Fsp3) is 0.526. The molecule has 2 aromatic rings. The molecule has 0 spiro atoms. The van der Waals surface area contributed by atoms with Gasteiger partial charge >= 0.3 is 0 Å². The van der Waals surface area contributed by atoms with Gasteiger partial charge in [-0.15, -0.1) is 5.10 Å². The highest BCUT2D eigenvalue weighted by Crippen LogP contribution is 2.23. The number of H-pyrrole nitrogens is 1. The Kier molecular flexibility index (Phi) is 6.55. The van der Waals surface area contributed by atoms with Crippen molar-refractivity contribution in [3.8, 4) is 5.75 Å². The summed E-state index contributed by atoms with van der Waals surface area (Å²) >= 11 is 1.34. The highest BCUT2D eigenvalue weighted by molar-refractivity contribution is 7.99. The number of hydrogen-bond acceptors (Lipinski definition) is 5. The molecule has 6 nitrogen and oxygen atoms in total. The van der Waals surface area contributed by atoms with Gasteiger partial charge in [0.05, 0.1) is 5.75 Å². The molecule has 1 aliphatic rings. The van der Waals surface area contributed by atoms with Gasteiger partial charge in [-0.05, 0) is 37.8 Å². The van der Waals surface area contributed by atoms with E-state index in [1.54, 1.807) is 0 Å². The van der Waals surface area contributed by atoms with Crippen molar-refractivity contribution < 1.29 is 9.53 Å². The fourth-order valence-electron chi connectivity index (χ4n) is 3.22. The van der Waals surface area contributed by atoms with E-state index in [9.17, 15) is 4.79 Å². The summed E-state index contributed by atoms with van der Waals surface area (Å²) in [5.74, 6) is 1.93. The molecule has 0 radical (unpaired) electrons. The number of rotatable bonds is 7. The number of hydrogen-bond donors (Lipinski definition) is 2. The zero-order valence-corrected chi connectivity index (χ0v) is 16.2. The maximum Gasteiger partial charge on any atom is 0.230 e. The zero-order valence-electron chi connectivity index (χ0n) is 15.4. The Morgan fingerprint density at radius 1 is 1.27 bits per heavy atom. The van der Waals surface area contributed by atoms with E-state index in [0.717, 1.165) is 29.7 Å². The minimum absolute atomic E-state index is 0.0556. The largest absolute Gasteiger partial charge is 0.485 e. The van der Waals surface area contributed by atoms with Gasteiger partial charge in [0.15, 0.2) is 5.82 Å². The predicted molar refractivity (Wildman–Crippen MR) is 102 cm³/mol. The molecule has 3 rings (SSSR count). The number of carbonyl (C=O) groups is 1. The molecule has 1 heterocycles. The van der Waals surface area contributed by atoms with Crippen LogP contribution in [0.1, 0.15) is 49.1 Å². The Labute approximate surface area is 158 Å². The van der Waals surface area contributed by atoms with Crippen molar-refractivity contribution in [2.75, 3.05) is 5.75 Å². The molecule has 1 aliphatic carbocycles. The van der Waals surface area contributed by atoms with Crippen molar-refractivity contribution >= 4 is 17.7 Å². The number of aromatic amines is 1. The second kappa shape index (κ2) is 9.07. The minimum Gasteiger partial charge on any atom is -0.485 e. The molecule has 1 aromatic carbocycles. The molecule has 0 saturated heterocycles. The van der Waals surface area contributed by atoms with E-state index in [2.05, 4.69) is 20.5 Å². The molecule has 140 valence electrons. The summed E-state index contributed by atoms with van der Waals surface area (Å²) in [5, 5.41) is 10.7. The van der Waals surface area contributed by atoms with E-state index in [1.165, 1.54) is 31.0 Å². The molecule has 1 aromatic heterocycles. The van der Waals surface area contributed by atoms with Gasteiger partial charge in [0.2, 0.25) is 11.1 Å². The summed E-state index contributed by atoms with van der Waals surface area (Å²) in [6.07, 6.45) is 5.89. The smallest absolute Gasteiger partial charge is 0.230 e. The quantitative estimate of drug-likeness (QED) is 0.725. The Morgan fingerprint density at radius 2 is 2.00 bits per heavy atom. The molecular weight excluding hydrogens is 348 g/mol. The Bertz CT molecular complexity index is 721. The fourth-order valence-corrected chi connectivity index (χ4v) is 3.85. The first-order chi connectivity index (χ1) is 12.6. The number of aryl methyl sites for hydroxylation is 2. The Hall–Kier alpha value is -2.02. The maximum absolute atomic E-state index is 12.1. The SMILES string of the molecule is Cc1cccc(C)c1OCc1nc(SCC(=O)NC2CCCCC2)n[nH]1. The summed E-state index contributed by atoms with van der Waals surface area (Å²) in [6.45, 7) is 4.37. The van der Waals surface area contributed by atoms with Crippen molar-refractivity contribution in [1.29, 1.82) is 0 Å². The van der Waals surface area contributed by atoms with Crippen LogP contribution in [0.15, 0.2) is 23.4 Å². The topological polar surface area (TPSA) is 79.9 Å². The third-order valence-electron chi connectivity index (χ3n) is 4.58. The average Bonchev–Trinajstić information content (AvgIpc) is 3.08. The van der Waals surface area contributed by atoms with Gasteiger partial charge in [-0.2, -0.15) is 0 Å². The van der Waals surface area contributed by atoms with Gasteiger partial charge in [-0.1, -0.05) is 49.2 Å². The minimum atomic E-state index is 0.0556. The van der Waals surface area contributed by atoms with E-state index < -0.39 is 0 Å². The molecule has 26 heavy (non-hydrogen) atoms. The number of ether oxygens (including phenoxy) is 1. The van der Waals surface area contributed by atoms with Crippen LogP contribution >= 0.6 is 11.8 Å². The molecule has 1 saturated carbocycles. The lowest BCUT2D eigenvalue weighted by Gasteiger charge is -2.22. The van der Waals surface area contributed by atoms with Crippen LogP contribution in [-0.4, -0.2) is 32.9 Å². The standard InChI is InChI=1S/C19H26N4O2S/c1-13-7-6-8-14(2)18(13)25-11-16-21-19(23-22-16)26-12-17(24)20-15-9-4-3-5-10-15/h6-8,15H,3-5,9-12H2,1-2H3,(H,20,24)(H,21,22,23). The lowest BCUT2D eigenvalue weighted by molar-refractivity contribution is -0.119. The molecule has 0 aliphatic heterocycles. The van der Waals surface area contributed by atoms with E-state index in [-0.39, 0.29) is 5.91 Å². The number of aromatic nitrogens is 3. The number of thioether (sulfide) groups is 1. The van der Waals surface area contributed by atoms with Crippen molar-refractivity contribution in [3.63, 3.8) is 0 Å². The summed E-state index contributed by atoms with van der Waals surface area (Å²) in [5.41, 5.74) is 2.19. The van der Waals surface area contributed by atoms with Gasteiger partial charge in [0.1, 0.15) is 12.4 Å². The monoisotopic (exact) mass is 374 g/mol. The first-order valence-electron chi connectivity index (χ1n) is 9.14.